The molecule has 0 saturated carbocycles. The maximum absolute atomic E-state index is 10.9. The first kappa shape index (κ1) is 14.6. The van der Waals surface area contributed by atoms with Gasteiger partial charge in [-0.2, -0.15) is 5.10 Å². The maximum atomic E-state index is 10.9. The van der Waals surface area contributed by atoms with Gasteiger partial charge in [0, 0.05) is 17.8 Å². The summed E-state index contributed by atoms with van der Waals surface area (Å²) in [6.45, 7) is 0. The van der Waals surface area contributed by atoms with Gasteiger partial charge in [-0.05, 0) is 6.07 Å². The number of aliphatic carboxylic acids is 1. The molecule has 110 valence electrons. The Morgan fingerprint density at radius 1 is 1.33 bits per heavy atom. The van der Waals surface area contributed by atoms with Crippen molar-refractivity contribution in [3.05, 3.63) is 52.3 Å². The Hall–Kier alpha value is -2.78. The minimum absolute atomic E-state index is 0.0306. The quantitative estimate of drug-likeness (QED) is 0.530. The topological polar surface area (TPSA) is 139 Å². The number of aliphatic hydroxyl groups is 2. The molecule has 0 saturated heterocycles. The molecule has 2 unspecified atom stereocenters. The second kappa shape index (κ2) is 5.69. The van der Waals surface area contributed by atoms with Crippen molar-refractivity contribution in [3.8, 4) is 5.69 Å². The van der Waals surface area contributed by atoms with Crippen LogP contribution in [0.4, 0.5) is 5.69 Å². The van der Waals surface area contributed by atoms with E-state index in [1.807, 2.05) is 0 Å². The van der Waals surface area contributed by atoms with Crippen molar-refractivity contribution < 1.29 is 25.0 Å². The van der Waals surface area contributed by atoms with Crippen molar-refractivity contribution >= 4 is 11.7 Å². The van der Waals surface area contributed by atoms with Crippen molar-refractivity contribution in [2.45, 2.75) is 12.2 Å². The zero-order chi connectivity index (χ0) is 15.6. The third-order valence-corrected chi connectivity index (χ3v) is 2.82. The van der Waals surface area contributed by atoms with Crippen LogP contribution in [-0.4, -0.2) is 42.1 Å². The van der Waals surface area contributed by atoms with Crippen molar-refractivity contribution in [1.82, 2.24) is 9.78 Å². The molecule has 21 heavy (non-hydrogen) atoms. The molecular formula is C12H11N3O6. The van der Waals surface area contributed by atoms with Gasteiger partial charge in [-0.1, -0.05) is 12.1 Å². The Morgan fingerprint density at radius 3 is 2.62 bits per heavy atom. The molecule has 9 nitrogen and oxygen atoms in total. The molecule has 0 amide bonds. The monoisotopic (exact) mass is 293 g/mol. The van der Waals surface area contributed by atoms with Crippen LogP contribution in [0.2, 0.25) is 0 Å². The minimum atomic E-state index is -2.01. The van der Waals surface area contributed by atoms with E-state index < -0.39 is 23.1 Å². The van der Waals surface area contributed by atoms with E-state index in [-0.39, 0.29) is 16.9 Å². The van der Waals surface area contributed by atoms with Crippen LogP contribution in [0.15, 0.2) is 36.7 Å². The molecule has 0 aliphatic rings. The van der Waals surface area contributed by atoms with E-state index in [0.717, 1.165) is 10.9 Å². The van der Waals surface area contributed by atoms with E-state index in [4.69, 9.17) is 5.11 Å². The molecule has 1 aromatic heterocycles. The molecule has 0 spiro atoms. The number of aromatic nitrogens is 2. The van der Waals surface area contributed by atoms with E-state index in [0.29, 0.717) is 0 Å². The molecular weight excluding hydrogens is 282 g/mol. The van der Waals surface area contributed by atoms with Gasteiger partial charge in [-0.25, -0.2) is 9.48 Å². The number of carbonyl (C=O) groups is 1. The van der Waals surface area contributed by atoms with Crippen LogP contribution in [0.25, 0.3) is 5.69 Å². The van der Waals surface area contributed by atoms with Crippen LogP contribution in [0, 0.1) is 10.1 Å². The highest BCUT2D eigenvalue weighted by atomic mass is 16.6. The predicted molar refractivity (Wildman–Crippen MR) is 68.8 cm³/mol. The second-order valence-corrected chi connectivity index (χ2v) is 4.19. The largest absolute Gasteiger partial charge is 0.479 e. The fourth-order valence-electron chi connectivity index (χ4n) is 1.75. The van der Waals surface area contributed by atoms with Gasteiger partial charge >= 0.3 is 5.97 Å². The smallest absolute Gasteiger partial charge is 0.335 e. The van der Waals surface area contributed by atoms with E-state index in [1.54, 1.807) is 6.07 Å². The summed E-state index contributed by atoms with van der Waals surface area (Å²) in [6, 6.07) is 5.81. The van der Waals surface area contributed by atoms with E-state index >= 15 is 0 Å². The maximum Gasteiger partial charge on any atom is 0.335 e. The fourth-order valence-corrected chi connectivity index (χ4v) is 1.75. The number of benzene rings is 1. The summed E-state index contributed by atoms with van der Waals surface area (Å²) in [5.74, 6) is -1.58. The summed E-state index contributed by atoms with van der Waals surface area (Å²) in [5.41, 5.74) is -0.00533. The highest BCUT2D eigenvalue weighted by molar-refractivity contribution is 5.73. The zero-order valence-corrected chi connectivity index (χ0v) is 10.5. The molecule has 0 aliphatic heterocycles. The minimum Gasteiger partial charge on any atom is -0.479 e. The van der Waals surface area contributed by atoms with Gasteiger partial charge in [0.1, 0.15) is 11.8 Å². The standard InChI is InChI=1S/C12H11N3O6/c16-10(11(17)12(18)19)7-5-13-14(6-7)8-3-1-2-4-9(8)15(20)21/h1-6,10-11,16-17H,(H,18,19). The summed E-state index contributed by atoms with van der Waals surface area (Å²) in [5, 5.41) is 42.4. The summed E-state index contributed by atoms with van der Waals surface area (Å²) < 4.78 is 1.13. The number of rotatable bonds is 5. The van der Waals surface area contributed by atoms with Crippen molar-refractivity contribution in [3.63, 3.8) is 0 Å². The summed E-state index contributed by atoms with van der Waals surface area (Å²) >= 11 is 0. The third-order valence-electron chi connectivity index (χ3n) is 2.82. The summed E-state index contributed by atoms with van der Waals surface area (Å²) in [7, 11) is 0. The molecule has 1 aromatic carbocycles. The van der Waals surface area contributed by atoms with Crippen molar-refractivity contribution in [2.24, 2.45) is 0 Å². The first-order chi connectivity index (χ1) is 9.91. The molecule has 2 rings (SSSR count). The predicted octanol–water partition coefficient (Wildman–Crippen LogP) is 0.259. The number of carboxylic acid groups (broad SMARTS) is 1. The first-order valence-corrected chi connectivity index (χ1v) is 5.79. The number of aliphatic hydroxyl groups excluding tert-OH is 2. The third kappa shape index (κ3) is 2.88. The Bertz CT molecular complexity index is 683. The van der Waals surface area contributed by atoms with Gasteiger partial charge in [0.15, 0.2) is 6.10 Å². The summed E-state index contributed by atoms with van der Waals surface area (Å²) in [4.78, 5) is 21.0. The SMILES string of the molecule is O=C(O)C(O)C(O)c1cnn(-c2ccccc2[N+](=O)[O-])c1. The van der Waals surface area contributed by atoms with Crippen LogP contribution in [-0.2, 0) is 4.79 Å². The molecule has 0 radical (unpaired) electrons. The Balaban J connectivity index is 2.37. The highest BCUT2D eigenvalue weighted by Gasteiger charge is 2.27. The number of para-hydroxylation sites is 2. The Kier molecular flexibility index (Phi) is 3.96. The zero-order valence-electron chi connectivity index (χ0n) is 10.5. The second-order valence-electron chi connectivity index (χ2n) is 4.19. The van der Waals surface area contributed by atoms with Gasteiger partial charge < -0.3 is 15.3 Å². The normalized spacial score (nSPS) is 13.6. The van der Waals surface area contributed by atoms with Gasteiger partial charge in [-0.3, -0.25) is 10.1 Å². The van der Waals surface area contributed by atoms with E-state index in [2.05, 4.69) is 5.10 Å². The Morgan fingerprint density at radius 2 is 2.00 bits per heavy atom. The average Bonchev–Trinajstić information content (AvgIpc) is 2.95. The lowest BCUT2D eigenvalue weighted by molar-refractivity contribution is -0.384. The van der Waals surface area contributed by atoms with E-state index in [1.165, 1.54) is 24.4 Å². The number of carboxylic acids is 1. The molecule has 9 heteroatoms. The van der Waals surface area contributed by atoms with Crippen LogP contribution in [0.1, 0.15) is 11.7 Å². The summed E-state index contributed by atoms with van der Waals surface area (Å²) in [6.07, 6.45) is -1.33. The van der Waals surface area contributed by atoms with Gasteiger partial charge in [0.25, 0.3) is 5.69 Å². The lowest BCUT2D eigenvalue weighted by Crippen LogP contribution is -2.27. The van der Waals surface area contributed by atoms with Crippen LogP contribution >= 0.6 is 0 Å². The number of nitrogens with zero attached hydrogens (tertiary/aromatic N) is 3. The molecule has 2 aromatic rings. The molecule has 0 fully saturated rings. The fraction of sp³-hybridized carbons (Fsp3) is 0.167. The lowest BCUT2D eigenvalue weighted by atomic mass is 10.1. The molecule has 3 N–H and O–H groups in total. The molecule has 1 heterocycles. The van der Waals surface area contributed by atoms with Gasteiger partial charge in [-0.15, -0.1) is 0 Å². The molecule has 2 atom stereocenters. The lowest BCUT2D eigenvalue weighted by Gasteiger charge is -2.11. The van der Waals surface area contributed by atoms with Crippen LogP contribution in [0.3, 0.4) is 0 Å². The first-order valence-electron chi connectivity index (χ1n) is 5.79. The average molecular weight is 293 g/mol. The van der Waals surface area contributed by atoms with Crippen LogP contribution < -0.4 is 0 Å². The van der Waals surface area contributed by atoms with Crippen LogP contribution in [0.5, 0.6) is 0 Å². The van der Waals surface area contributed by atoms with Gasteiger partial charge in [0.05, 0.1) is 11.1 Å². The highest BCUT2D eigenvalue weighted by Crippen LogP contribution is 2.24. The van der Waals surface area contributed by atoms with Gasteiger partial charge in [0.2, 0.25) is 0 Å². The molecule has 0 bridgehead atoms. The number of nitro groups is 1. The van der Waals surface area contributed by atoms with Crippen molar-refractivity contribution in [1.29, 1.82) is 0 Å². The molecule has 0 aliphatic carbocycles. The Labute approximate surface area is 117 Å². The number of hydrogen-bond donors (Lipinski definition) is 3. The number of hydrogen-bond acceptors (Lipinski definition) is 6. The number of nitro benzene ring substituents is 1. The van der Waals surface area contributed by atoms with E-state index in [9.17, 15) is 25.1 Å². The van der Waals surface area contributed by atoms with Crippen molar-refractivity contribution in [2.75, 3.05) is 0 Å².